The number of nitrogens with zero attached hydrogens (tertiary/aromatic N) is 1. The third-order valence-corrected chi connectivity index (χ3v) is 3.91. The third kappa shape index (κ3) is 1.94. The quantitative estimate of drug-likeness (QED) is 0.462. The number of thiophene rings is 1. The van der Waals surface area contributed by atoms with Crippen LogP contribution in [0.25, 0.3) is 0 Å². The number of nitro groups is 1. The first-order valence-electron chi connectivity index (χ1n) is 2.63. The monoisotopic (exact) mass is 253 g/mol. The van der Waals surface area contributed by atoms with Gasteiger partial charge >= 0.3 is 0 Å². The topological polar surface area (TPSA) is 43.1 Å². The first-order chi connectivity index (χ1) is 5.15. The van der Waals surface area contributed by atoms with E-state index in [4.69, 9.17) is 0 Å². The molecule has 11 heavy (non-hydrogen) atoms. The van der Waals surface area contributed by atoms with Gasteiger partial charge in [-0.25, -0.2) is 0 Å². The molecule has 0 amide bonds. The lowest BCUT2D eigenvalue weighted by Crippen LogP contribution is -1.83. The zero-order chi connectivity index (χ0) is 8.43. The van der Waals surface area contributed by atoms with Gasteiger partial charge in [0.2, 0.25) is 0 Å². The molecule has 0 aromatic carbocycles. The van der Waals surface area contributed by atoms with Crippen molar-refractivity contribution < 1.29 is 4.92 Å². The van der Waals surface area contributed by atoms with Gasteiger partial charge in [-0.05, 0) is 22.2 Å². The highest BCUT2D eigenvalue weighted by molar-refractivity contribution is 9.11. The first-order valence-corrected chi connectivity index (χ1v) is 5.46. The molecule has 0 radical (unpaired) electrons. The SMILES string of the molecule is CSc1cc([N+](=O)[O-])c(Br)s1. The van der Waals surface area contributed by atoms with Crippen molar-refractivity contribution in [2.45, 2.75) is 4.21 Å². The normalized spacial score (nSPS) is 10.0. The smallest absolute Gasteiger partial charge is 0.258 e. The number of halogens is 1. The summed E-state index contributed by atoms with van der Waals surface area (Å²) in [5.74, 6) is 0. The predicted octanol–water partition coefficient (Wildman–Crippen LogP) is 3.14. The molecule has 1 aromatic heterocycles. The summed E-state index contributed by atoms with van der Waals surface area (Å²) in [5, 5.41) is 10.3. The molecule has 0 fully saturated rings. The molecule has 0 atom stereocenters. The molecule has 0 aliphatic heterocycles. The van der Waals surface area contributed by atoms with Gasteiger partial charge in [-0.15, -0.1) is 23.1 Å². The lowest BCUT2D eigenvalue weighted by molar-refractivity contribution is -0.385. The largest absolute Gasteiger partial charge is 0.295 e. The summed E-state index contributed by atoms with van der Waals surface area (Å²) in [4.78, 5) is 9.94. The molecule has 1 rings (SSSR count). The Labute approximate surface area is 80.1 Å². The van der Waals surface area contributed by atoms with Crippen molar-refractivity contribution >= 4 is 44.7 Å². The minimum Gasteiger partial charge on any atom is -0.258 e. The van der Waals surface area contributed by atoms with Gasteiger partial charge in [0.05, 0.1) is 9.13 Å². The van der Waals surface area contributed by atoms with Crippen LogP contribution in [0.2, 0.25) is 0 Å². The zero-order valence-corrected chi connectivity index (χ0v) is 8.75. The van der Waals surface area contributed by atoms with Crippen molar-refractivity contribution in [1.82, 2.24) is 0 Å². The molecule has 0 aliphatic rings. The second-order valence-corrected chi connectivity index (χ2v) is 5.16. The van der Waals surface area contributed by atoms with E-state index in [9.17, 15) is 10.1 Å². The molecule has 0 aliphatic carbocycles. The molecule has 0 bridgehead atoms. The van der Waals surface area contributed by atoms with Crippen LogP contribution in [0, 0.1) is 10.1 Å². The van der Waals surface area contributed by atoms with Crippen LogP contribution in [0.4, 0.5) is 5.69 Å². The van der Waals surface area contributed by atoms with Crippen LogP contribution in [0.1, 0.15) is 0 Å². The lowest BCUT2D eigenvalue weighted by atomic mass is 10.6. The fraction of sp³-hybridized carbons (Fsp3) is 0.200. The number of hydrogen-bond acceptors (Lipinski definition) is 4. The zero-order valence-electron chi connectivity index (χ0n) is 5.54. The predicted molar refractivity (Wildman–Crippen MR) is 50.5 cm³/mol. The average Bonchev–Trinajstić information content (AvgIpc) is 2.30. The maximum absolute atomic E-state index is 10.3. The fourth-order valence-corrected chi connectivity index (χ4v) is 3.07. The maximum atomic E-state index is 10.3. The van der Waals surface area contributed by atoms with E-state index in [0.29, 0.717) is 3.79 Å². The Balaban J connectivity index is 3.07. The van der Waals surface area contributed by atoms with Gasteiger partial charge < -0.3 is 0 Å². The van der Waals surface area contributed by atoms with Crippen LogP contribution in [-0.2, 0) is 0 Å². The Morgan fingerprint density at radius 1 is 1.82 bits per heavy atom. The highest BCUT2D eigenvalue weighted by Gasteiger charge is 2.15. The van der Waals surface area contributed by atoms with Gasteiger partial charge in [-0.2, -0.15) is 0 Å². The molecule has 0 saturated carbocycles. The van der Waals surface area contributed by atoms with E-state index in [2.05, 4.69) is 15.9 Å². The summed E-state index contributed by atoms with van der Waals surface area (Å²) >= 11 is 6.01. The van der Waals surface area contributed by atoms with E-state index in [1.54, 1.807) is 6.07 Å². The highest BCUT2D eigenvalue weighted by Crippen LogP contribution is 2.38. The van der Waals surface area contributed by atoms with Crippen molar-refractivity contribution in [2.75, 3.05) is 6.26 Å². The molecule has 0 unspecified atom stereocenters. The molecular weight excluding hydrogens is 250 g/mol. The minimum atomic E-state index is -0.389. The molecule has 1 heterocycles. The Hall–Kier alpha value is -0.0700. The fourth-order valence-electron chi connectivity index (χ4n) is 0.564. The first kappa shape index (κ1) is 9.02. The number of thioether (sulfide) groups is 1. The van der Waals surface area contributed by atoms with Gasteiger partial charge in [0.1, 0.15) is 3.79 Å². The van der Waals surface area contributed by atoms with Gasteiger partial charge in [0.25, 0.3) is 5.69 Å². The lowest BCUT2D eigenvalue weighted by Gasteiger charge is -1.82. The van der Waals surface area contributed by atoms with Crippen molar-refractivity contribution in [3.05, 3.63) is 20.0 Å². The Kier molecular flexibility index (Phi) is 2.91. The van der Waals surface area contributed by atoms with Crippen molar-refractivity contribution in [2.24, 2.45) is 0 Å². The van der Waals surface area contributed by atoms with Crippen LogP contribution in [0.3, 0.4) is 0 Å². The molecule has 1 aromatic rings. The molecule has 6 heteroatoms. The Morgan fingerprint density at radius 3 is 2.73 bits per heavy atom. The minimum absolute atomic E-state index is 0.152. The molecule has 3 nitrogen and oxygen atoms in total. The summed E-state index contributed by atoms with van der Waals surface area (Å²) in [6, 6.07) is 1.57. The van der Waals surface area contributed by atoms with Crippen LogP contribution in [-0.4, -0.2) is 11.2 Å². The van der Waals surface area contributed by atoms with Gasteiger partial charge in [0.15, 0.2) is 0 Å². The highest BCUT2D eigenvalue weighted by atomic mass is 79.9. The second kappa shape index (κ2) is 3.55. The molecular formula is C5H4BrNO2S2. The standard InChI is InChI=1S/C5H4BrNO2S2/c1-10-4-2-3(7(8)9)5(6)11-4/h2H,1H3. The Bertz CT molecular complexity index is 286. The van der Waals surface area contributed by atoms with Crippen LogP contribution in [0.15, 0.2) is 14.1 Å². The van der Waals surface area contributed by atoms with Crippen LogP contribution >= 0.6 is 39.0 Å². The van der Waals surface area contributed by atoms with E-state index >= 15 is 0 Å². The number of rotatable bonds is 2. The van der Waals surface area contributed by atoms with E-state index in [-0.39, 0.29) is 10.6 Å². The summed E-state index contributed by atoms with van der Waals surface area (Å²) < 4.78 is 1.54. The summed E-state index contributed by atoms with van der Waals surface area (Å²) in [6.45, 7) is 0. The maximum Gasteiger partial charge on any atom is 0.295 e. The van der Waals surface area contributed by atoms with Gasteiger partial charge in [0, 0.05) is 6.07 Å². The van der Waals surface area contributed by atoms with Gasteiger partial charge in [-0.1, -0.05) is 0 Å². The third-order valence-electron chi connectivity index (χ3n) is 1.04. The number of hydrogen-bond donors (Lipinski definition) is 0. The van der Waals surface area contributed by atoms with E-state index in [1.807, 2.05) is 6.26 Å². The van der Waals surface area contributed by atoms with E-state index in [1.165, 1.54) is 23.1 Å². The Morgan fingerprint density at radius 2 is 2.45 bits per heavy atom. The van der Waals surface area contributed by atoms with Crippen molar-refractivity contribution in [3.63, 3.8) is 0 Å². The van der Waals surface area contributed by atoms with Crippen molar-refractivity contribution in [3.8, 4) is 0 Å². The average molecular weight is 254 g/mol. The van der Waals surface area contributed by atoms with E-state index in [0.717, 1.165) is 4.21 Å². The van der Waals surface area contributed by atoms with Gasteiger partial charge in [-0.3, -0.25) is 10.1 Å². The molecule has 60 valence electrons. The summed E-state index contributed by atoms with van der Waals surface area (Å²) in [6.07, 6.45) is 1.89. The second-order valence-electron chi connectivity index (χ2n) is 1.69. The van der Waals surface area contributed by atoms with Crippen LogP contribution in [0.5, 0.6) is 0 Å². The molecule has 0 N–H and O–H groups in total. The van der Waals surface area contributed by atoms with Crippen LogP contribution < -0.4 is 0 Å². The van der Waals surface area contributed by atoms with Crippen molar-refractivity contribution in [1.29, 1.82) is 0 Å². The molecule has 0 spiro atoms. The summed E-state index contributed by atoms with van der Waals surface area (Å²) in [7, 11) is 0. The van der Waals surface area contributed by atoms with E-state index < -0.39 is 0 Å². The summed E-state index contributed by atoms with van der Waals surface area (Å²) in [5.41, 5.74) is 0.152. The molecule has 0 saturated heterocycles.